The van der Waals surface area contributed by atoms with Gasteiger partial charge in [-0.25, -0.2) is 4.39 Å². The second-order valence-corrected chi connectivity index (χ2v) is 5.64. The van der Waals surface area contributed by atoms with Crippen LogP contribution in [0.2, 0.25) is 0 Å². The molecule has 0 saturated carbocycles. The number of halogens is 1. The SMILES string of the molecule is OCCCCCCCCCCCCc1ccc(F)cc1. The van der Waals surface area contributed by atoms with Crippen LogP contribution < -0.4 is 0 Å². The van der Waals surface area contributed by atoms with Gasteiger partial charge in [-0.3, -0.25) is 0 Å². The Kier molecular flexibility index (Phi) is 10.2. The van der Waals surface area contributed by atoms with Gasteiger partial charge < -0.3 is 5.11 Å². The highest BCUT2D eigenvalue weighted by Gasteiger charge is 1.96. The summed E-state index contributed by atoms with van der Waals surface area (Å²) in [4.78, 5) is 0. The van der Waals surface area contributed by atoms with Crippen molar-refractivity contribution >= 4 is 0 Å². The lowest BCUT2D eigenvalue weighted by Gasteiger charge is -2.03. The number of aryl methyl sites for hydroxylation is 1. The molecule has 0 aliphatic heterocycles. The Morgan fingerprint density at radius 2 is 1.10 bits per heavy atom. The van der Waals surface area contributed by atoms with Crippen molar-refractivity contribution in [1.29, 1.82) is 0 Å². The molecule has 1 nitrogen and oxygen atoms in total. The Bertz CT molecular complexity index is 321. The third-order valence-electron chi connectivity index (χ3n) is 3.79. The van der Waals surface area contributed by atoms with E-state index in [4.69, 9.17) is 5.11 Å². The first-order chi connectivity index (χ1) is 9.83. The lowest BCUT2D eigenvalue weighted by molar-refractivity contribution is 0.282. The lowest BCUT2D eigenvalue weighted by Crippen LogP contribution is -1.87. The van der Waals surface area contributed by atoms with Crippen LogP contribution in [0.5, 0.6) is 0 Å². The van der Waals surface area contributed by atoms with Crippen molar-refractivity contribution in [3.8, 4) is 0 Å². The number of aliphatic hydroxyl groups excluding tert-OH is 1. The third-order valence-corrected chi connectivity index (χ3v) is 3.79. The molecule has 114 valence electrons. The molecule has 0 fully saturated rings. The van der Waals surface area contributed by atoms with E-state index < -0.39 is 0 Å². The molecule has 0 aromatic heterocycles. The summed E-state index contributed by atoms with van der Waals surface area (Å²) >= 11 is 0. The molecule has 1 aromatic rings. The molecule has 0 bridgehead atoms. The summed E-state index contributed by atoms with van der Waals surface area (Å²) in [5, 5.41) is 8.67. The predicted octanol–water partition coefficient (Wildman–Crippen LogP) is 5.26. The summed E-state index contributed by atoms with van der Waals surface area (Å²) in [6, 6.07) is 6.88. The maximum absolute atomic E-state index is 12.7. The second kappa shape index (κ2) is 11.9. The monoisotopic (exact) mass is 280 g/mol. The van der Waals surface area contributed by atoms with E-state index in [1.807, 2.05) is 12.1 Å². The van der Waals surface area contributed by atoms with Gasteiger partial charge in [0.15, 0.2) is 0 Å². The van der Waals surface area contributed by atoms with Crippen molar-refractivity contribution in [3.63, 3.8) is 0 Å². The van der Waals surface area contributed by atoms with Crippen LogP contribution >= 0.6 is 0 Å². The molecular formula is C18H29FO. The van der Waals surface area contributed by atoms with Gasteiger partial charge in [-0.2, -0.15) is 0 Å². The van der Waals surface area contributed by atoms with Gasteiger partial charge in [-0.1, -0.05) is 63.5 Å². The molecular weight excluding hydrogens is 251 g/mol. The van der Waals surface area contributed by atoms with Gasteiger partial charge in [-0.15, -0.1) is 0 Å². The van der Waals surface area contributed by atoms with Gasteiger partial charge in [0.2, 0.25) is 0 Å². The van der Waals surface area contributed by atoms with E-state index >= 15 is 0 Å². The van der Waals surface area contributed by atoms with Crippen LogP contribution in [0.4, 0.5) is 4.39 Å². The molecule has 1 aromatic carbocycles. The number of benzene rings is 1. The average Bonchev–Trinajstić information content (AvgIpc) is 2.47. The topological polar surface area (TPSA) is 20.2 Å². The molecule has 0 radical (unpaired) electrons. The highest BCUT2D eigenvalue weighted by molar-refractivity contribution is 5.15. The van der Waals surface area contributed by atoms with Crippen molar-refractivity contribution in [2.75, 3.05) is 6.61 Å². The molecule has 0 atom stereocenters. The van der Waals surface area contributed by atoms with Crippen LogP contribution in [-0.2, 0) is 6.42 Å². The van der Waals surface area contributed by atoms with Gasteiger partial charge in [0.25, 0.3) is 0 Å². The van der Waals surface area contributed by atoms with Gasteiger partial charge in [0.05, 0.1) is 0 Å². The van der Waals surface area contributed by atoms with E-state index in [2.05, 4.69) is 0 Å². The van der Waals surface area contributed by atoms with Crippen LogP contribution in [0.15, 0.2) is 24.3 Å². The molecule has 0 spiro atoms. The first-order valence-electron chi connectivity index (χ1n) is 8.18. The van der Waals surface area contributed by atoms with E-state index in [1.54, 1.807) is 12.1 Å². The normalized spacial score (nSPS) is 10.9. The van der Waals surface area contributed by atoms with E-state index in [9.17, 15) is 4.39 Å². The fourth-order valence-electron chi connectivity index (χ4n) is 2.51. The molecule has 0 aliphatic rings. The predicted molar refractivity (Wildman–Crippen MR) is 83.4 cm³/mol. The fourth-order valence-corrected chi connectivity index (χ4v) is 2.51. The molecule has 20 heavy (non-hydrogen) atoms. The maximum Gasteiger partial charge on any atom is 0.123 e. The molecule has 1 N–H and O–H groups in total. The van der Waals surface area contributed by atoms with Crippen molar-refractivity contribution in [3.05, 3.63) is 35.6 Å². The van der Waals surface area contributed by atoms with Crippen LogP contribution in [0.25, 0.3) is 0 Å². The summed E-state index contributed by atoms with van der Waals surface area (Å²) in [7, 11) is 0. The molecule has 0 unspecified atom stereocenters. The Hall–Kier alpha value is -0.890. The molecule has 0 aliphatic carbocycles. The molecule has 0 heterocycles. The summed E-state index contributed by atoms with van der Waals surface area (Å²) < 4.78 is 12.7. The van der Waals surface area contributed by atoms with Crippen molar-refractivity contribution in [2.24, 2.45) is 0 Å². The van der Waals surface area contributed by atoms with Gasteiger partial charge in [0.1, 0.15) is 5.82 Å². The summed E-state index contributed by atoms with van der Waals surface area (Å²) in [5.74, 6) is -0.146. The zero-order valence-corrected chi connectivity index (χ0v) is 12.6. The quantitative estimate of drug-likeness (QED) is 0.518. The lowest BCUT2D eigenvalue weighted by atomic mass is 10.0. The Balaban J connectivity index is 1.84. The van der Waals surface area contributed by atoms with E-state index in [-0.39, 0.29) is 5.82 Å². The Morgan fingerprint density at radius 1 is 0.650 bits per heavy atom. The first kappa shape index (κ1) is 17.2. The molecule has 0 amide bonds. The first-order valence-corrected chi connectivity index (χ1v) is 8.18. The van der Waals surface area contributed by atoms with E-state index in [1.165, 1.54) is 63.4 Å². The van der Waals surface area contributed by atoms with Gasteiger partial charge >= 0.3 is 0 Å². The number of hydrogen-bond donors (Lipinski definition) is 1. The van der Waals surface area contributed by atoms with Crippen molar-refractivity contribution in [1.82, 2.24) is 0 Å². The second-order valence-electron chi connectivity index (χ2n) is 5.64. The third kappa shape index (κ3) is 9.08. The Labute approximate surface area is 123 Å². The maximum atomic E-state index is 12.7. The minimum atomic E-state index is -0.146. The van der Waals surface area contributed by atoms with Crippen LogP contribution in [0, 0.1) is 5.82 Å². The standard InChI is InChI=1S/C18H29FO/c19-18-14-12-17(13-15-18)11-9-7-5-3-1-2-4-6-8-10-16-20/h12-15,20H,1-11,16H2. The average molecular weight is 280 g/mol. The van der Waals surface area contributed by atoms with Crippen LogP contribution in [-0.4, -0.2) is 11.7 Å². The minimum absolute atomic E-state index is 0.146. The van der Waals surface area contributed by atoms with Gasteiger partial charge in [-0.05, 0) is 37.0 Å². The fraction of sp³-hybridized carbons (Fsp3) is 0.667. The smallest absolute Gasteiger partial charge is 0.123 e. The Morgan fingerprint density at radius 3 is 1.60 bits per heavy atom. The largest absolute Gasteiger partial charge is 0.396 e. The molecule has 2 heteroatoms. The van der Waals surface area contributed by atoms with Crippen LogP contribution in [0.3, 0.4) is 0 Å². The summed E-state index contributed by atoms with van der Waals surface area (Å²) in [6.45, 7) is 0.341. The number of unbranched alkanes of at least 4 members (excludes halogenated alkanes) is 9. The van der Waals surface area contributed by atoms with Gasteiger partial charge in [0, 0.05) is 6.61 Å². The molecule has 1 rings (SSSR count). The zero-order chi connectivity index (χ0) is 14.5. The number of rotatable bonds is 12. The minimum Gasteiger partial charge on any atom is -0.396 e. The number of hydrogen-bond acceptors (Lipinski definition) is 1. The highest BCUT2D eigenvalue weighted by atomic mass is 19.1. The highest BCUT2D eigenvalue weighted by Crippen LogP contribution is 2.12. The van der Waals surface area contributed by atoms with Crippen molar-refractivity contribution < 1.29 is 9.50 Å². The summed E-state index contributed by atoms with van der Waals surface area (Å²) in [6.07, 6.45) is 13.6. The van der Waals surface area contributed by atoms with E-state index in [0.29, 0.717) is 6.61 Å². The zero-order valence-electron chi connectivity index (χ0n) is 12.6. The summed E-state index contributed by atoms with van der Waals surface area (Å²) in [5.41, 5.74) is 1.25. The van der Waals surface area contributed by atoms with Crippen molar-refractivity contribution in [2.45, 2.75) is 70.6 Å². The van der Waals surface area contributed by atoms with Crippen LogP contribution in [0.1, 0.15) is 69.8 Å². The number of aliphatic hydroxyl groups is 1. The molecule has 0 saturated heterocycles. The van der Waals surface area contributed by atoms with E-state index in [0.717, 1.165) is 12.8 Å².